The Kier molecular flexibility index (Phi) is 71.4. The quantitative estimate of drug-likeness (QED) is 0.0169. The van der Waals surface area contributed by atoms with Crippen molar-refractivity contribution in [2.24, 2.45) is 0 Å². The molecule has 0 aromatic carbocycles. The maximum atomic E-state index is 13.1. The Labute approximate surface area is 619 Å². The van der Waals surface area contributed by atoms with Crippen LogP contribution in [0.3, 0.4) is 0 Å². The van der Waals surface area contributed by atoms with Crippen LogP contribution < -0.4 is 0 Å². The Morgan fingerprint density at radius 2 is 0.510 bits per heavy atom. The smallest absolute Gasteiger partial charge is 0.462 e. The summed E-state index contributed by atoms with van der Waals surface area (Å²) >= 11 is 0. The van der Waals surface area contributed by atoms with E-state index in [1.165, 1.54) is 57.8 Å². The number of allylic oxidation sites excluding steroid dienone is 20. The highest BCUT2D eigenvalue weighted by atomic mass is 31.2. The van der Waals surface area contributed by atoms with Gasteiger partial charge in [-0.05, 0) is 135 Å². The third-order valence-corrected chi connectivity index (χ3v) is 18.3. The number of aliphatic hydroxyl groups excluding tert-OH is 1. The molecular weight excluding hydrogens is 1330 g/mol. The van der Waals surface area contributed by atoms with Crippen LogP contribution in [0.15, 0.2) is 122 Å². The first-order valence-electron chi connectivity index (χ1n) is 39.8. The van der Waals surface area contributed by atoms with E-state index < -0.39 is 97.5 Å². The Hall–Kier alpha value is -4.54. The molecule has 0 fully saturated rings. The van der Waals surface area contributed by atoms with Gasteiger partial charge in [-0.25, -0.2) is 9.13 Å². The highest BCUT2D eigenvalue weighted by Gasteiger charge is 2.30. The molecule has 0 rings (SSSR count). The summed E-state index contributed by atoms with van der Waals surface area (Å²) in [6.45, 7) is 4.57. The van der Waals surface area contributed by atoms with Crippen LogP contribution in [0.25, 0.3) is 0 Å². The van der Waals surface area contributed by atoms with E-state index in [2.05, 4.69) is 149 Å². The van der Waals surface area contributed by atoms with Crippen molar-refractivity contribution in [3.63, 3.8) is 0 Å². The summed E-state index contributed by atoms with van der Waals surface area (Å²) in [4.78, 5) is 73.0. The molecule has 5 atom stereocenters. The third-order valence-electron chi connectivity index (χ3n) is 16.4. The van der Waals surface area contributed by atoms with Crippen molar-refractivity contribution in [3.8, 4) is 0 Å². The zero-order chi connectivity index (χ0) is 74.6. The van der Waals surface area contributed by atoms with Gasteiger partial charge in [-0.2, -0.15) is 0 Å². The molecule has 0 aromatic rings. The summed E-state index contributed by atoms with van der Waals surface area (Å²) in [5.41, 5.74) is 0. The molecule has 17 nitrogen and oxygen atoms in total. The minimum absolute atomic E-state index is 0.0677. The average Bonchev–Trinajstić information content (AvgIpc) is 0.944. The molecule has 0 aliphatic rings. The summed E-state index contributed by atoms with van der Waals surface area (Å²) in [5, 5.41) is 10.6. The van der Waals surface area contributed by atoms with Crippen molar-refractivity contribution in [1.29, 1.82) is 0 Å². The van der Waals surface area contributed by atoms with Gasteiger partial charge in [-0.15, -0.1) is 0 Å². The highest BCUT2D eigenvalue weighted by Crippen LogP contribution is 2.45. The zero-order valence-electron chi connectivity index (χ0n) is 64.0. The van der Waals surface area contributed by atoms with Crippen LogP contribution in [-0.4, -0.2) is 96.7 Å². The van der Waals surface area contributed by atoms with Gasteiger partial charge in [0.15, 0.2) is 12.2 Å². The van der Waals surface area contributed by atoms with Crippen LogP contribution in [0.4, 0.5) is 0 Å². The van der Waals surface area contributed by atoms with Gasteiger partial charge in [0.25, 0.3) is 0 Å². The molecule has 0 aromatic heterocycles. The summed E-state index contributed by atoms with van der Waals surface area (Å²) in [6, 6.07) is 0. The van der Waals surface area contributed by atoms with Crippen LogP contribution in [0.1, 0.15) is 323 Å². The number of esters is 4. The molecular formula is C83H142O17P2. The predicted molar refractivity (Wildman–Crippen MR) is 418 cm³/mol. The number of hydrogen-bond acceptors (Lipinski definition) is 15. The molecule has 0 saturated heterocycles. The average molecular weight is 1470 g/mol. The number of ether oxygens (including phenoxy) is 4. The van der Waals surface area contributed by atoms with E-state index in [9.17, 15) is 43.2 Å². The lowest BCUT2D eigenvalue weighted by molar-refractivity contribution is -0.161. The molecule has 0 aliphatic carbocycles. The van der Waals surface area contributed by atoms with Crippen molar-refractivity contribution in [2.45, 2.75) is 341 Å². The Bertz CT molecular complexity index is 2410. The van der Waals surface area contributed by atoms with Gasteiger partial charge in [-0.1, -0.05) is 284 Å². The van der Waals surface area contributed by atoms with E-state index in [4.69, 9.17) is 37.0 Å². The van der Waals surface area contributed by atoms with Crippen molar-refractivity contribution in [1.82, 2.24) is 0 Å². The topological polar surface area (TPSA) is 237 Å². The number of hydrogen-bond donors (Lipinski definition) is 3. The Morgan fingerprint density at radius 1 is 0.284 bits per heavy atom. The van der Waals surface area contributed by atoms with Crippen LogP contribution in [-0.2, 0) is 65.4 Å². The monoisotopic (exact) mass is 1470 g/mol. The number of aliphatic hydroxyl groups is 1. The van der Waals surface area contributed by atoms with E-state index in [0.29, 0.717) is 25.7 Å². The first kappa shape index (κ1) is 97.5. The van der Waals surface area contributed by atoms with Crippen molar-refractivity contribution in [2.75, 3.05) is 39.6 Å². The first-order chi connectivity index (χ1) is 49.7. The number of carbonyl (C=O) groups is 4. The van der Waals surface area contributed by atoms with Crippen molar-refractivity contribution in [3.05, 3.63) is 122 Å². The summed E-state index contributed by atoms with van der Waals surface area (Å²) in [7, 11) is -9.97. The number of unbranched alkanes of at least 4 members (excludes halogenated alkanes) is 28. The summed E-state index contributed by atoms with van der Waals surface area (Å²) in [6.07, 6.45) is 81.8. The Balaban J connectivity index is 5.35. The highest BCUT2D eigenvalue weighted by molar-refractivity contribution is 7.47. The van der Waals surface area contributed by atoms with Gasteiger partial charge in [0.2, 0.25) is 0 Å². The van der Waals surface area contributed by atoms with E-state index >= 15 is 0 Å². The third kappa shape index (κ3) is 73.8. The van der Waals surface area contributed by atoms with Gasteiger partial charge in [0.1, 0.15) is 19.3 Å². The largest absolute Gasteiger partial charge is 0.472 e. The van der Waals surface area contributed by atoms with Gasteiger partial charge in [-0.3, -0.25) is 37.3 Å². The Morgan fingerprint density at radius 3 is 0.804 bits per heavy atom. The maximum absolute atomic E-state index is 13.1. The van der Waals surface area contributed by atoms with Crippen molar-refractivity contribution >= 4 is 39.5 Å². The zero-order valence-corrected chi connectivity index (χ0v) is 65.8. The lowest BCUT2D eigenvalue weighted by Gasteiger charge is -2.21. The first-order valence-corrected chi connectivity index (χ1v) is 42.8. The van der Waals surface area contributed by atoms with Crippen LogP contribution in [0.2, 0.25) is 0 Å². The predicted octanol–water partition coefficient (Wildman–Crippen LogP) is 23.1. The summed E-state index contributed by atoms with van der Waals surface area (Å²) < 4.78 is 68.5. The van der Waals surface area contributed by atoms with Gasteiger partial charge in [0, 0.05) is 25.7 Å². The molecule has 0 bridgehead atoms. The molecule has 0 spiro atoms. The van der Waals surface area contributed by atoms with E-state index in [0.717, 1.165) is 186 Å². The molecule has 0 amide bonds. The molecule has 0 aliphatic heterocycles. The van der Waals surface area contributed by atoms with E-state index in [1.807, 2.05) is 0 Å². The molecule has 586 valence electrons. The van der Waals surface area contributed by atoms with Crippen LogP contribution in [0.5, 0.6) is 0 Å². The number of carbonyl (C=O) groups excluding carboxylic acids is 4. The minimum Gasteiger partial charge on any atom is -0.462 e. The van der Waals surface area contributed by atoms with Crippen molar-refractivity contribution < 1.29 is 80.2 Å². The summed E-state index contributed by atoms with van der Waals surface area (Å²) in [5.74, 6) is -2.23. The number of phosphoric acid groups is 2. The maximum Gasteiger partial charge on any atom is 0.472 e. The van der Waals surface area contributed by atoms with Gasteiger partial charge >= 0.3 is 39.5 Å². The molecule has 0 radical (unpaired) electrons. The van der Waals surface area contributed by atoms with E-state index in [-0.39, 0.29) is 25.7 Å². The fourth-order valence-corrected chi connectivity index (χ4v) is 12.0. The molecule has 19 heteroatoms. The van der Waals surface area contributed by atoms with Gasteiger partial charge in [0.05, 0.1) is 26.4 Å². The normalized spacial score (nSPS) is 14.5. The lowest BCUT2D eigenvalue weighted by atomic mass is 10.1. The molecule has 5 unspecified atom stereocenters. The second kappa shape index (κ2) is 74.7. The second-order valence-corrected chi connectivity index (χ2v) is 29.2. The van der Waals surface area contributed by atoms with Crippen LogP contribution in [0, 0.1) is 0 Å². The number of rotatable bonds is 74. The minimum atomic E-state index is -4.99. The van der Waals surface area contributed by atoms with Gasteiger partial charge < -0.3 is 33.8 Å². The lowest BCUT2D eigenvalue weighted by Crippen LogP contribution is -2.30. The fourth-order valence-electron chi connectivity index (χ4n) is 10.4. The number of phosphoric ester groups is 2. The van der Waals surface area contributed by atoms with Crippen LogP contribution >= 0.6 is 15.6 Å². The van der Waals surface area contributed by atoms with E-state index in [1.54, 1.807) is 0 Å². The standard InChI is InChI=1S/C83H142O17P2/c1-5-9-13-17-21-25-29-32-35-37-38-40-43-45-49-52-56-60-64-68-80(85)93-73-78(99-82(87)69-65-61-57-53-47-28-24-20-16-12-8-4)75-97-101(89,90)95-71-77(84)72-96-102(91,92)98-76-79(100-83(88)70-66-62-58-54-50-46-41-34-31-27-23-19-15-11-7-3)74-94-81(86)67-63-59-55-51-48-44-42-39-36-33-30-26-22-18-14-10-6-2/h10-11,14-15,21-23,25-27,32-36,38,40-42,44,77-79,84H,5-9,12-13,16-20,24,28-31,37,39,43,45-76H2,1-4H3,(H,89,90)(H,91,92)/b14-10-,15-11-,25-21-,26-22-,27-23-,35-32-,36-33-,40-38-,41-34-,44-42-. The molecule has 0 saturated carbocycles. The molecule has 0 heterocycles. The second-order valence-electron chi connectivity index (χ2n) is 26.2. The SMILES string of the molecule is CC/C=C\C/C=C\C/C=C\C/C=C\CCCCCCC(=O)OCC(COP(=O)(O)OCC(O)COP(=O)(O)OCC(COC(=O)CCCCCCCC/C=C\C/C=C\C/C=C\CCCCC)OC(=O)CCCCCCCCCCCCC)OC(=O)CCCCCCC/C=C\C/C=C\C/C=C\CC. The fraction of sp³-hybridized carbons (Fsp3) is 0.711. The molecule has 3 N–H and O–H groups in total. The molecule has 102 heavy (non-hydrogen) atoms.